The molecule has 0 saturated carbocycles. The lowest BCUT2D eigenvalue weighted by atomic mass is 9.88. The van der Waals surface area contributed by atoms with Crippen LogP contribution < -0.4 is 11.1 Å². The van der Waals surface area contributed by atoms with E-state index in [2.05, 4.69) is 30.3 Å². The summed E-state index contributed by atoms with van der Waals surface area (Å²) in [4.78, 5) is 33.0. The van der Waals surface area contributed by atoms with Crippen LogP contribution in [0.2, 0.25) is 0 Å². The second kappa shape index (κ2) is 12.4. The van der Waals surface area contributed by atoms with Gasteiger partial charge in [0.25, 0.3) is 5.91 Å². The van der Waals surface area contributed by atoms with Gasteiger partial charge in [-0.15, -0.1) is 11.3 Å². The van der Waals surface area contributed by atoms with E-state index in [1.54, 1.807) is 23.0 Å². The number of likely N-dealkylation sites (N-methyl/N-ethyl adjacent to an activating group) is 1. The normalized spacial score (nSPS) is 16.2. The Balaban J connectivity index is 1.81. The lowest BCUT2D eigenvalue weighted by Crippen LogP contribution is -2.58. The lowest BCUT2D eigenvalue weighted by molar-refractivity contribution is 0.00972. The van der Waals surface area contributed by atoms with E-state index in [9.17, 15) is 14.7 Å². The molecule has 0 atom stereocenters. The van der Waals surface area contributed by atoms with Gasteiger partial charge in [-0.1, -0.05) is 25.5 Å². The van der Waals surface area contributed by atoms with E-state index >= 15 is 0 Å². The number of likely N-dealkylation sites (tertiary alicyclic amines) is 1. The number of ether oxygens (including phenoxy) is 1. The maximum absolute atomic E-state index is 13.4. The van der Waals surface area contributed by atoms with E-state index < -0.39 is 11.1 Å². The number of aliphatic hydroxyl groups is 1. The van der Waals surface area contributed by atoms with Gasteiger partial charge < -0.3 is 35.7 Å². The number of nitriles is 1. The highest BCUT2D eigenvalue weighted by molar-refractivity contribution is 7.21. The molecule has 1 aliphatic heterocycles. The zero-order valence-electron chi connectivity index (χ0n) is 24.6. The maximum atomic E-state index is 13.4. The fourth-order valence-electron chi connectivity index (χ4n) is 4.88. The molecule has 2 aromatic rings. The quantitative estimate of drug-likeness (QED) is 0.207. The van der Waals surface area contributed by atoms with Crippen molar-refractivity contribution in [2.45, 2.75) is 71.4 Å². The summed E-state index contributed by atoms with van der Waals surface area (Å²) >= 11 is 1.40. The molecule has 40 heavy (non-hydrogen) atoms. The number of amides is 2. The number of aromatic nitrogens is 1. The van der Waals surface area contributed by atoms with Crippen LogP contribution >= 0.6 is 11.3 Å². The molecule has 1 fully saturated rings. The molecule has 10 nitrogen and oxygen atoms in total. The van der Waals surface area contributed by atoms with E-state index in [4.69, 9.17) is 15.7 Å². The zero-order chi connectivity index (χ0) is 29.8. The monoisotopic (exact) mass is 570 g/mol. The molecule has 2 aromatic heterocycles. The molecule has 3 heterocycles. The van der Waals surface area contributed by atoms with E-state index in [0.717, 1.165) is 32.6 Å². The Morgan fingerprint density at radius 3 is 2.55 bits per heavy atom. The molecule has 218 valence electrons. The van der Waals surface area contributed by atoms with Crippen molar-refractivity contribution in [1.29, 1.82) is 5.26 Å². The van der Waals surface area contributed by atoms with Crippen LogP contribution in [0.4, 0.5) is 4.79 Å². The van der Waals surface area contributed by atoms with Crippen LogP contribution in [-0.2, 0) is 4.74 Å². The van der Waals surface area contributed by atoms with Crippen LogP contribution in [0.1, 0.15) is 81.2 Å². The van der Waals surface area contributed by atoms with Crippen molar-refractivity contribution in [2.75, 3.05) is 33.3 Å². The van der Waals surface area contributed by atoms with Crippen molar-refractivity contribution in [2.24, 2.45) is 5.73 Å². The number of piperidine rings is 1. The summed E-state index contributed by atoms with van der Waals surface area (Å²) in [6.07, 6.45) is 6.09. The lowest BCUT2D eigenvalue weighted by Gasteiger charge is -2.41. The van der Waals surface area contributed by atoms with Gasteiger partial charge in [0.15, 0.2) is 6.19 Å². The number of H-pyrrole nitrogens is 1. The third kappa shape index (κ3) is 7.17. The van der Waals surface area contributed by atoms with Gasteiger partial charge in [-0.3, -0.25) is 4.79 Å². The Hall–Kier alpha value is -3.49. The fraction of sp³-hybridized carbons (Fsp3) is 0.552. The summed E-state index contributed by atoms with van der Waals surface area (Å²) < 4.78 is 6.45. The van der Waals surface area contributed by atoms with Crippen LogP contribution in [-0.4, -0.2) is 76.3 Å². The molecule has 1 saturated heterocycles. The standard InChI is InChI=1S/C29H42N6O4S/c1-18(2)23-24(20(14-30)12-19(3)15-34(7)17-31)32-21-13-22(40-25(21)23)26(37)33-29(16-36)8-10-35(11-9-29)27(38)39-28(4,5)6/h12-14,18,32,36H,8-11,15-16,30H2,1-7H3,(H,33,37)/b19-12-,20-14+. The number of allylic oxidation sites excluding steroid dienone is 2. The summed E-state index contributed by atoms with van der Waals surface area (Å²) in [5.41, 5.74) is 9.23. The summed E-state index contributed by atoms with van der Waals surface area (Å²) in [6.45, 7) is 12.7. The molecule has 2 amide bonds. The second-order valence-electron chi connectivity index (χ2n) is 11.9. The minimum atomic E-state index is -0.812. The van der Waals surface area contributed by atoms with Gasteiger partial charge in [0.2, 0.25) is 0 Å². The van der Waals surface area contributed by atoms with E-state index in [1.165, 1.54) is 11.3 Å². The second-order valence-corrected chi connectivity index (χ2v) is 12.9. The molecule has 0 aromatic carbocycles. The van der Waals surface area contributed by atoms with Gasteiger partial charge in [0.05, 0.1) is 32.9 Å². The number of aliphatic hydroxyl groups excluding tert-OH is 1. The molecule has 0 spiro atoms. The molecular weight excluding hydrogens is 528 g/mol. The van der Waals surface area contributed by atoms with Crippen molar-refractivity contribution in [3.8, 4) is 6.19 Å². The van der Waals surface area contributed by atoms with E-state index in [0.29, 0.717) is 37.4 Å². The smallest absolute Gasteiger partial charge is 0.410 e. The topological polar surface area (TPSA) is 148 Å². The van der Waals surface area contributed by atoms with Crippen LogP contribution in [0.15, 0.2) is 23.9 Å². The Kier molecular flexibility index (Phi) is 9.59. The summed E-state index contributed by atoms with van der Waals surface area (Å²) in [7, 11) is 1.73. The van der Waals surface area contributed by atoms with E-state index in [-0.39, 0.29) is 24.5 Å². The first-order valence-electron chi connectivity index (χ1n) is 13.5. The first-order chi connectivity index (χ1) is 18.7. The average Bonchev–Trinajstić information content (AvgIpc) is 3.44. The fourth-order valence-corrected chi connectivity index (χ4v) is 6.09. The van der Waals surface area contributed by atoms with Crippen LogP contribution in [0.5, 0.6) is 0 Å². The van der Waals surface area contributed by atoms with E-state index in [1.807, 2.05) is 39.8 Å². The maximum Gasteiger partial charge on any atom is 0.410 e. The molecule has 0 radical (unpaired) electrons. The minimum Gasteiger partial charge on any atom is -0.444 e. The highest BCUT2D eigenvalue weighted by atomic mass is 32.1. The molecule has 1 aliphatic rings. The molecule has 3 rings (SSSR count). The third-order valence-corrected chi connectivity index (χ3v) is 8.05. The number of hydrogen-bond donors (Lipinski definition) is 4. The summed E-state index contributed by atoms with van der Waals surface area (Å²) in [6, 6.07) is 1.83. The number of thiophene rings is 1. The molecular formula is C29H42N6O4S. The number of hydrogen-bond acceptors (Lipinski definition) is 8. The van der Waals surface area contributed by atoms with Gasteiger partial charge >= 0.3 is 6.09 Å². The van der Waals surface area contributed by atoms with Crippen LogP contribution in [0, 0.1) is 11.5 Å². The van der Waals surface area contributed by atoms with Gasteiger partial charge in [-0.05, 0) is 58.1 Å². The first-order valence-corrected chi connectivity index (χ1v) is 14.3. The molecule has 0 bridgehead atoms. The Morgan fingerprint density at radius 1 is 1.38 bits per heavy atom. The molecule has 11 heteroatoms. The van der Waals surface area contributed by atoms with Gasteiger partial charge in [0.1, 0.15) is 5.60 Å². The molecule has 5 N–H and O–H groups in total. The van der Waals surface area contributed by atoms with Gasteiger partial charge in [-0.2, -0.15) is 5.26 Å². The minimum absolute atomic E-state index is 0.157. The molecule has 0 aliphatic carbocycles. The predicted octanol–water partition coefficient (Wildman–Crippen LogP) is 4.50. The highest BCUT2D eigenvalue weighted by Crippen LogP contribution is 2.39. The highest BCUT2D eigenvalue weighted by Gasteiger charge is 2.38. The SMILES string of the molecule is C/C(=C/C(=C\N)c1[nH]c2cc(C(=O)NC3(CO)CCN(C(=O)OC(C)(C)C)CC3)sc2c1C(C)C)CN(C)C#N. The van der Waals surface area contributed by atoms with Crippen molar-refractivity contribution >= 4 is 39.1 Å². The van der Waals surface area contributed by atoms with Gasteiger partial charge in [0, 0.05) is 38.5 Å². The number of rotatable bonds is 8. The first kappa shape index (κ1) is 31.0. The molecule has 0 unspecified atom stereocenters. The number of nitrogens with zero attached hydrogens (tertiary/aromatic N) is 3. The van der Waals surface area contributed by atoms with Crippen molar-refractivity contribution in [3.05, 3.63) is 40.0 Å². The average molecular weight is 571 g/mol. The number of nitrogens with two attached hydrogens (primary N) is 1. The Morgan fingerprint density at radius 2 is 2.02 bits per heavy atom. The summed E-state index contributed by atoms with van der Waals surface area (Å²) in [5.74, 6) is -0.0970. The van der Waals surface area contributed by atoms with Crippen LogP contribution in [0.25, 0.3) is 15.8 Å². The number of fused-ring (bicyclic) bond motifs is 1. The third-order valence-electron chi connectivity index (χ3n) is 6.89. The summed E-state index contributed by atoms with van der Waals surface area (Å²) in [5, 5.41) is 22.4. The number of nitrogens with one attached hydrogen (secondary N) is 2. The Labute approximate surface area is 240 Å². The van der Waals surface area contributed by atoms with Gasteiger partial charge in [-0.25, -0.2) is 4.79 Å². The van der Waals surface area contributed by atoms with Crippen molar-refractivity contribution in [3.63, 3.8) is 0 Å². The zero-order valence-corrected chi connectivity index (χ0v) is 25.4. The largest absolute Gasteiger partial charge is 0.444 e. The number of carbonyl (C=O) groups is 2. The van der Waals surface area contributed by atoms with Crippen molar-refractivity contribution < 1.29 is 19.4 Å². The Bertz CT molecular complexity index is 1330. The van der Waals surface area contributed by atoms with Crippen LogP contribution in [0.3, 0.4) is 0 Å². The number of aromatic amines is 1. The van der Waals surface area contributed by atoms with Crippen molar-refractivity contribution in [1.82, 2.24) is 20.1 Å². The predicted molar refractivity (Wildman–Crippen MR) is 159 cm³/mol. The number of carbonyl (C=O) groups excluding carboxylic acids is 2.